The molecule has 19 heavy (non-hydrogen) atoms. The number of rotatable bonds is 4. The summed E-state index contributed by atoms with van der Waals surface area (Å²) in [5.41, 5.74) is 7.48. The van der Waals surface area contributed by atoms with Crippen molar-refractivity contribution >= 4 is 31.6 Å². The summed E-state index contributed by atoms with van der Waals surface area (Å²) >= 11 is 3.24. The first-order chi connectivity index (χ1) is 8.90. The van der Waals surface area contributed by atoms with Crippen LogP contribution in [0.3, 0.4) is 0 Å². The normalized spacial score (nSPS) is 11.7. The lowest BCUT2D eigenvalue weighted by Crippen LogP contribution is -2.24. The van der Waals surface area contributed by atoms with Crippen molar-refractivity contribution in [2.24, 2.45) is 0 Å². The Morgan fingerprint density at radius 2 is 2.21 bits per heavy atom. The molecule has 0 saturated carbocycles. The maximum Gasteiger partial charge on any atom is 0.241 e. The summed E-state index contributed by atoms with van der Waals surface area (Å²) in [5, 5.41) is 6.38. The van der Waals surface area contributed by atoms with Crippen LogP contribution in [-0.4, -0.2) is 18.6 Å². The predicted octanol–water partition coefficient (Wildman–Crippen LogP) is 1.54. The largest absolute Gasteiger partial charge is 0.398 e. The van der Waals surface area contributed by atoms with Gasteiger partial charge >= 0.3 is 0 Å². The third-order valence-electron chi connectivity index (χ3n) is 2.68. The fourth-order valence-electron chi connectivity index (χ4n) is 1.58. The van der Waals surface area contributed by atoms with E-state index in [9.17, 15) is 8.42 Å². The highest BCUT2D eigenvalue weighted by Gasteiger charge is 2.18. The number of halogens is 1. The summed E-state index contributed by atoms with van der Waals surface area (Å²) in [5.74, 6) is 0. The summed E-state index contributed by atoms with van der Waals surface area (Å²) in [4.78, 5) is 0.169. The fourth-order valence-corrected chi connectivity index (χ4v) is 3.53. The molecule has 0 fully saturated rings. The molecule has 2 aromatic rings. The molecule has 0 spiro atoms. The number of H-pyrrole nitrogens is 1. The van der Waals surface area contributed by atoms with Crippen molar-refractivity contribution in [2.75, 3.05) is 5.73 Å². The van der Waals surface area contributed by atoms with Crippen LogP contribution in [0.15, 0.2) is 33.9 Å². The number of hydrogen-bond acceptors (Lipinski definition) is 4. The number of nitrogens with one attached hydrogen (secondary N) is 2. The maximum atomic E-state index is 12.2. The van der Waals surface area contributed by atoms with Gasteiger partial charge < -0.3 is 5.73 Å². The number of hydrogen-bond donors (Lipinski definition) is 3. The summed E-state index contributed by atoms with van der Waals surface area (Å²) in [6, 6.07) is 3.20. The Labute approximate surface area is 119 Å². The van der Waals surface area contributed by atoms with E-state index >= 15 is 0 Å². The van der Waals surface area contributed by atoms with Crippen molar-refractivity contribution in [3.63, 3.8) is 0 Å². The van der Waals surface area contributed by atoms with Crippen molar-refractivity contribution in [1.82, 2.24) is 14.9 Å². The second-order valence-electron chi connectivity index (χ2n) is 4.05. The number of aromatic amines is 1. The van der Waals surface area contributed by atoms with Gasteiger partial charge in [0.25, 0.3) is 0 Å². The monoisotopic (exact) mass is 344 g/mol. The van der Waals surface area contributed by atoms with Crippen LogP contribution in [-0.2, 0) is 16.6 Å². The van der Waals surface area contributed by atoms with Crippen LogP contribution in [0.1, 0.15) is 11.1 Å². The Morgan fingerprint density at radius 3 is 2.84 bits per heavy atom. The second-order valence-corrected chi connectivity index (χ2v) is 6.70. The van der Waals surface area contributed by atoms with E-state index in [-0.39, 0.29) is 11.4 Å². The van der Waals surface area contributed by atoms with Crippen LogP contribution in [0.2, 0.25) is 0 Å². The van der Waals surface area contributed by atoms with Crippen LogP contribution in [0.4, 0.5) is 5.69 Å². The van der Waals surface area contributed by atoms with Crippen LogP contribution < -0.4 is 10.5 Å². The topological polar surface area (TPSA) is 101 Å². The Morgan fingerprint density at radius 1 is 1.47 bits per heavy atom. The van der Waals surface area contributed by atoms with Gasteiger partial charge in [-0.15, -0.1) is 0 Å². The summed E-state index contributed by atoms with van der Waals surface area (Å²) in [6.07, 6.45) is 3.19. The molecular weight excluding hydrogens is 332 g/mol. The summed E-state index contributed by atoms with van der Waals surface area (Å²) in [6.45, 7) is 1.85. The molecule has 6 nitrogen and oxygen atoms in total. The molecule has 2 rings (SSSR count). The van der Waals surface area contributed by atoms with Gasteiger partial charge in [-0.1, -0.05) is 15.9 Å². The predicted molar refractivity (Wildman–Crippen MR) is 75.9 cm³/mol. The van der Waals surface area contributed by atoms with Gasteiger partial charge in [-0.05, 0) is 24.6 Å². The van der Waals surface area contributed by atoms with E-state index in [1.54, 1.807) is 25.4 Å². The van der Waals surface area contributed by atoms with Gasteiger partial charge in [0.05, 0.1) is 11.1 Å². The van der Waals surface area contributed by atoms with E-state index in [0.29, 0.717) is 15.7 Å². The molecule has 0 bridgehead atoms. The van der Waals surface area contributed by atoms with Gasteiger partial charge in [0.15, 0.2) is 0 Å². The van der Waals surface area contributed by atoms with E-state index < -0.39 is 10.0 Å². The standard InChI is InChI=1S/C11H13BrN4O2S/c1-7-10(13)2-9(12)3-11(7)19(17,18)16-6-8-4-14-15-5-8/h2-5,16H,6,13H2,1H3,(H,14,15). The highest BCUT2D eigenvalue weighted by Crippen LogP contribution is 2.26. The zero-order valence-electron chi connectivity index (χ0n) is 10.1. The second kappa shape index (κ2) is 5.32. The number of benzene rings is 1. The van der Waals surface area contributed by atoms with Gasteiger partial charge in [-0.3, -0.25) is 5.10 Å². The van der Waals surface area contributed by atoms with E-state index in [2.05, 4.69) is 30.8 Å². The van der Waals surface area contributed by atoms with Gasteiger partial charge in [0.1, 0.15) is 0 Å². The van der Waals surface area contributed by atoms with Crippen LogP contribution in [0.5, 0.6) is 0 Å². The first-order valence-corrected chi connectivity index (χ1v) is 7.71. The zero-order chi connectivity index (χ0) is 14.0. The van der Waals surface area contributed by atoms with E-state index in [1.165, 1.54) is 6.07 Å². The molecule has 1 aromatic heterocycles. The molecule has 0 aliphatic carbocycles. The van der Waals surface area contributed by atoms with Crippen molar-refractivity contribution in [3.8, 4) is 0 Å². The van der Waals surface area contributed by atoms with E-state index in [0.717, 1.165) is 5.56 Å². The lowest BCUT2D eigenvalue weighted by atomic mass is 10.2. The highest BCUT2D eigenvalue weighted by molar-refractivity contribution is 9.10. The van der Waals surface area contributed by atoms with Crippen LogP contribution >= 0.6 is 15.9 Å². The minimum atomic E-state index is -3.61. The Balaban J connectivity index is 2.29. The molecule has 0 aliphatic heterocycles. The third-order valence-corrected chi connectivity index (χ3v) is 4.66. The van der Waals surface area contributed by atoms with Crippen LogP contribution in [0.25, 0.3) is 0 Å². The molecule has 102 valence electrons. The highest BCUT2D eigenvalue weighted by atomic mass is 79.9. The van der Waals surface area contributed by atoms with Crippen molar-refractivity contribution < 1.29 is 8.42 Å². The van der Waals surface area contributed by atoms with Gasteiger partial charge in [-0.25, -0.2) is 13.1 Å². The van der Waals surface area contributed by atoms with Gasteiger partial charge in [0, 0.05) is 28.5 Å². The smallest absolute Gasteiger partial charge is 0.241 e. The number of nitrogens with two attached hydrogens (primary N) is 1. The first-order valence-electron chi connectivity index (χ1n) is 5.43. The van der Waals surface area contributed by atoms with Crippen molar-refractivity contribution in [1.29, 1.82) is 0 Å². The summed E-state index contributed by atoms with van der Waals surface area (Å²) < 4.78 is 27.6. The van der Waals surface area contributed by atoms with Crippen molar-refractivity contribution in [3.05, 3.63) is 40.1 Å². The maximum absolute atomic E-state index is 12.2. The quantitative estimate of drug-likeness (QED) is 0.732. The number of aromatic nitrogens is 2. The number of sulfonamides is 1. The molecular formula is C11H13BrN4O2S. The van der Waals surface area contributed by atoms with E-state index in [4.69, 9.17) is 5.73 Å². The third kappa shape index (κ3) is 3.14. The Hall–Kier alpha value is -1.38. The molecule has 1 heterocycles. The molecule has 0 saturated heterocycles. The van der Waals surface area contributed by atoms with Gasteiger partial charge in [0.2, 0.25) is 10.0 Å². The Kier molecular flexibility index (Phi) is 3.93. The van der Waals surface area contributed by atoms with E-state index in [1.807, 2.05) is 0 Å². The molecule has 0 radical (unpaired) electrons. The SMILES string of the molecule is Cc1c(N)cc(Br)cc1S(=O)(=O)NCc1cn[nH]c1. The first kappa shape index (κ1) is 14.0. The lowest BCUT2D eigenvalue weighted by molar-refractivity contribution is 0.580. The molecule has 0 unspecified atom stereocenters. The number of nitrogens with zero attached hydrogens (tertiary/aromatic N) is 1. The molecule has 4 N–H and O–H groups in total. The molecule has 0 atom stereocenters. The van der Waals surface area contributed by atoms with Crippen molar-refractivity contribution in [2.45, 2.75) is 18.4 Å². The summed E-state index contributed by atoms with van der Waals surface area (Å²) in [7, 11) is -3.61. The molecule has 0 aliphatic rings. The molecule has 1 aromatic carbocycles. The fraction of sp³-hybridized carbons (Fsp3) is 0.182. The average Bonchev–Trinajstić information content (AvgIpc) is 2.84. The molecule has 8 heteroatoms. The minimum Gasteiger partial charge on any atom is -0.398 e. The molecule has 0 amide bonds. The number of anilines is 1. The Bertz CT molecular complexity index is 683. The minimum absolute atomic E-state index is 0.169. The lowest BCUT2D eigenvalue weighted by Gasteiger charge is -2.11. The number of nitrogen functional groups attached to an aromatic ring is 1. The van der Waals surface area contributed by atoms with Crippen LogP contribution in [0, 0.1) is 6.92 Å². The van der Waals surface area contributed by atoms with Gasteiger partial charge in [-0.2, -0.15) is 5.10 Å². The zero-order valence-corrected chi connectivity index (χ0v) is 12.5. The average molecular weight is 345 g/mol.